The summed E-state index contributed by atoms with van der Waals surface area (Å²) < 4.78 is 1.68. The molecule has 2 aromatic rings. The van der Waals surface area contributed by atoms with Crippen LogP contribution in [0.3, 0.4) is 0 Å². The van der Waals surface area contributed by atoms with Crippen molar-refractivity contribution in [3.05, 3.63) is 16.0 Å². The van der Waals surface area contributed by atoms with Crippen molar-refractivity contribution in [2.45, 2.75) is 71.1 Å². The maximum atomic E-state index is 12.9. The third-order valence-electron chi connectivity index (χ3n) is 6.07. The Hall–Kier alpha value is -1.85. The minimum Gasteiger partial charge on any atom is -0.342 e. The number of aromatic amines is 1. The van der Waals surface area contributed by atoms with Gasteiger partial charge < -0.3 is 4.90 Å². The van der Waals surface area contributed by atoms with Crippen molar-refractivity contribution in [2.24, 2.45) is 18.9 Å². The Labute approximate surface area is 161 Å². The third-order valence-corrected chi connectivity index (χ3v) is 6.07. The topological polar surface area (TPSA) is 66.8 Å². The first-order valence-corrected chi connectivity index (χ1v) is 10.6. The molecule has 2 aliphatic rings. The van der Waals surface area contributed by atoms with Crippen molar-refractivity contribution in [1.82, 2.24) is 19.7 Å². The van der Waals surface area contributed by atoms with Gasteiger partial charge in [0.25, 0.3) is 5.56 Å². The number of fused-ring (bicyclic) bond motifs is 1. The number of aromatic nitrogens is 4. The second-order valence-electron chi connectivity index (χ2n) is 9.66. The smallest absolute Gasteiger partial charge is 0.278 e. The molecule has 148 valence electrons. The second-order valence-corrected chi connectivity index (χ2v) is 9.66. The SMILES string of the molecule is Cn1nc(C(C)(C)C)c2nc(N(CC3CCCCC3)CC3CC3)[nH]c(=O)c21. The molecule has 2 fully saturated rings. The van der Waals surface area contributed by atoms with Crippen molar-refractivity contribution in [2.75, 3.05) is 18.0 Å². The second kappa shape index (κ2) is 6.95. The Balaban J connectivity index is 1.73. The van der Waals surface area contributed by atoms with Crippen LogP contribution in [-0.2, 0) is 12.5 Å². The lowest BCUT2D eigenvalue weighted by molar-refractivity contribution is 0.355. The summed E-state index contributed by atoms with van der Waals surface area (Å²) in [5.74, 6) is 2.21. The molecule has 0 radical (unpaired) electrons. The van der Waals surface area contributed by atoms with Gasteiger partial charge >= 0.3 is 0 Å². The molecule has 27 heavy (non-hydrogen) atoms. The lowest BCUT2D eigenvalue weighted by Gasteiger charge is -2.30. The first-order chi connectivity index (χ1) is 12.8. The molecule has 2 saturated carbocycles. The van der Waals surface area contributed by atoms with Crippen molar-refractivity contribution in [1.29, 1.82) is 0 Å². The van der Waals surface area contributed by atoms with Crippen molar-refractivity contribution in [3.8, 4) is 0 Å². The van der Waals surface area contributed by atoms with E-state index in [0.29, 0.717) is 5.52 Å². The summed E-state index contributed by atoms with van der Waals surface area (Å²) in [6, 6.07) is 0. The number of aryl methyl sites for hydroxylation is 1. The van der Waals surface area contributed by atoms with Crippen LogP contribution in [0.2, 0.25) is 0 Å². The van der Waals surface area contributed by atoms with Crippen LogP contribution in [0, 0.1) is 11.8 Å². The maximum Gasteiger partial charge on any atom is 0.278 e. The molecule has 0 unspecified atom stereocenters. The average molecular weight is 372 g/mol. The maximum absolute atomic E-state index is 12.9. The molecule has 2 aromatic heterocycles. The molecule has 0 amide bonds. The van der Waals surface area contributed by atoms with Crippen LogP contribution in [0.5, 0.6) is 0 Å². The van der Waals surface area contributed by atoms with Crippen LogP contribution in [0.4, 0.5) is 5.95 Å². The fraction of sp³-hybridized carbons (Fsp3) is 0.762. The normalized spacial score (nSPS) is 19.0. The summed E-state index contributed by atoms with van der Waals surface area (Å²) in [5.41, 5.74) is 2.00. The molecule has 0 saturated heterocycles. The molecule has 6 heteroatoms. The van der Waals surface area contributed by atoms with Gasteiger partial charge in [0.2, 0.25) is 5.95 Å². The highest BCUT2D eigenvalue weighted by atomic mass is 16.1. The van der Waals surface area contributed by atoms with Crippen molar-refractivity contribution < 1.29 is 0 Å². The Kier molecular flexibility index (Phi) is 4.77. The Morgan fingerprint density at radius 3 is 2.30 bits per heavy atom. The van der Waals surface area contributed by atoms with Gasteiger partial charge in [-0.25, -0.2) is 4.98 Å². The Morgan fingerprint density at radius 1 is 1.07 bits per heavy atom. The van der Waals surface area contributed by atoms with Crippen molar-refractivity contribution >= 4 is 17.0 Å². The zero-order valence-corrected chi connectivity index (χ0v) is 17.2. The molecule has 0 aromatic carbocycles. The zero-order valence-electron chi connectivity index (χ0n) is 17.2. The molecule has 1 N–H and O–H groups in total. The molecule has 0 bridgehead atoms. The molecule has 2 aliphatic carbocycles. The summed E-state index contributed by atoms with van der Waals surface area (Å²) in [5, 5.41) is 4.63. The van der Waals surface area contributed by atoms with Crippen LogP contribution in [0.25, 0.3) is 11.0 Å². The third kappa shape index (κ3) is 3.90. The van der Waals surface area contributed by atoms with Gasteiger partial charge in [-0.15, -0.1) is 0 Å². The van der Waals surface area contributed by atoms with Crippen LogP contribution in [0.15, 0.2) is 4.79 Å². The number of nitrogens with zero attached hydrogens (tertiary/aromatic N) is 4. The number of rotatable bonds is 5. The average Bonchev–Trinajstić information content (AvgIpc) is 3.35. The van der Waals surface area contributed by atoms with Gasteiger partial charge in [-0.1, -0.05) is 40.0 Å². The summed E-state index contributed by atoms with van der Waals surface area (Å²) in [6.07, 6.45) is 9.23. The summed E-state index contributed by atoms with van der Waals surface area (Å²) in [7, 11) is 1.83. The first-order valence-electron chi connectivity index (χ1n) is 10.6. The van der Waals surface area contributed by atoms with E-state index in [-0.39, 0.29) is 11.0 Å². The van der Waals surface area contributed by atoms with Crippen LogP contribution in [-0.4, -0.2) is 32.8 Å². The van der Waals surface area contributed by atoms with E-state index in [4.69, 9.17) is 4.98 Å². The van der Waals surface area contributed by atoms with E-state index in [1.54, 1.807) is 4.68 Å². The monoisotopic (exact) mass is 371 g/mol. The van der Waals surface area contributed by atoms with Gasteiger partial charge in [-0.3, -0.25) is 14.5 Å². The summed E-state index contributed by atoms with van der Waals surface area (Å²) >= 11 is 0. The van der Waals surface area contributed by atoms with Gasteiger partial charge in [0.1, 0.15) is 5.52 Å². The number of H-pyrrole nitrogens is 1. The summed E-state index contributed by atoms with van der Waals surface area (Å²) in [4.78, 5) is 23.3. The fourth-order valence-corrected chi connectivity index (χ4v) is 4.36. The number of hydrogen-bond donors (Lipinski definition) is 1. The van der Waals surface area contributed by atoms with Gasteiger partial charge in [0, 0.05) is 25.6 Å². The van der Waals surface area contributed by atoms with E-state index in [2.05, 4.69) is 35.8 Å². The predicted octanol–water partition coefficient (Wildman–Crippen LogP) is 3.75. The van der Waals surface area contributed by atoms with Crippen molar-refractivity contribution in [3.63, 3.8) is 0 Å². The van der Waals surface area contributed by atoms with E-state index in [0.717, 1.165) is 42.1 Å². The number of nitrogens with one attached hydrogen (secondary N) is 1. The van der Waals surface area contributed by atoms with E-state index in [1.165, 1.54) is 44.9 Å². The number of hydrogen-bond acceptors (Lipinski definition) is 4. The van der Waals surface area contributed by atoms with Crippen LogP contribution < -0.4 is 10.5 Å². The lowest BCUT2D eigenvalue weighted by atomic mass is 9.89. The van der Waals surface area contributed by atoms with Gasteiger partial charge in [-0.05, 0) is 37.5 Å². The zero-order chi connectivity index (χ0) is 19.2. The highest BCUT2D eigenvalue weighted by molar-refractivity contribution is 5.78. The molecule has 0 spiro atoms. The molecular weight excluding hydrogens is 338 g/mol. The standard InChI is InChI=1S/C21H33N5O/c1-21(2,3)18-16-17(25(4)24-18)19(27)23-20(22-16)26(13-15-10-11-15)12-14-8-6-5-7-9-14/h14-15H,5-13H2,1-4H3,(H,22,23,27). The molecule has 0 aliphatic heterocycles. The largest absolute Gasteiger partial charge is 0.342 e. The van der Waals surface area contributed by atoms with E-state index >= 15 is 0 Å². The highest BCUT2D eigenvalue weighted by Gasteiger charge is 2.29. The van der Waals surface area contributed by atoms with E-state index < -0.39 is 0 Å². The van der Waals surface area contributed by atoms with E-state index in [1.807, 2.05) is 7.05 Å². The lowest BCUT2D eigenvalue weighted by Crippen LogP contribution is -2.35. The molecule has 6 nitrogen and oxygen atoms in total. The molecule has 0 atom stereocenters. The van der Waals surface area contributed by atoms with Gasteiger partial charge in [-0.2, -0.15) is 5.10 Å². The minimum absolute atomic E-state index is 0.0788. The van der Waals surface area contributed by atoms with Gasteiger partial charge in [0.15, 0.2) is 5.52 Å². The van der Waals surface area contributed by atoms with Crippen LogP contribution >= 0.6 is 0 Å². The minimum atomic E-state index is -0.151. The Bertz CT molecular complexity index is 865. The highest BCUT2D eigenvalue weighted by Crippen LogP contribution is 2.33. The molecule has 4 rings (SSSR count). The predicted molar refractivity (Wildman–Crippen MR) is 109 cm³/mol. The number of anilines is 1. The molecule has 2 heterocycles. The first kappa shape index (κ1) is 18.5. The van der Waals surface area contributed by atoms with Gasteiger partial charge in [0.05, 0.1) is 5.69 Å². The Morgan fingerprint density at radius 2 is 1.70 bits per heavy atom. The fourth-order valence-electron chi connectivity index (χ4n) is 4.36. The molecular formula is C21H33N5O. The van der Waals surface area contributed by atoms with Crippen LogP contribution in [0.1, 0.15) is 71.4 Å². The summed E-state index contributed by atoms with van der Waals surface area (Å²) in [6.45, 7) is 8.40. The quantitative estimate of drug-likeness (QED) is 0.869. The van der Waals surface area contributed by atoms with E-state index in [9.17, 15) is 4.79 Å².